The third-order valence-corrected chi connectivity index (χ3v) is 2.34. The van der Waals surface area contributed by atoms with Crippen molar-refractivity contribution in [3.8, 4) is 0 Å². The van der Waals surface area contributed by atoms with E-state index in [1.54, 1.807) is 0 Å². The van der Waals surface area contributed by atoms with Gasteiger partial charge in [-0.2, -0.15) is 0 Å². The monoisotopic (exact) mass is 207 g/mol. The first-order valence-electron chi connectivity index (χ1n) is 4.65. The molecule has 1 fully saturated rings. The SMILES string of the molecule is CCN[C@H]1C(O)O[C@H](CO)[C@@H](O)[C@@H]1O. The zero-order chi connectivity index (χ0) is 10.7. The summed E-state index contributed by atoms with van der Waals surface area (Å²) in [6, 6.07) is -0.724. The van der Waals surface area contributed by atoms with E-state index in [1.807, 2.05) is 6.92 Å². The van der Waals surface area contributed by atoms with Crippen LogP contribution >= 0.6 is 0 Å². The average molecular weight is 207 g/mol. The number of likely N-dealkylation sites (N-methyl/N-ethyl adjacent to an activating group) is 1. The third kappa shape index (κ3) is 2.22. The number of aliphatic hydroxyl groups is 4. The predicted molar refractivity (Wildman–Crippen MR) is 47.4 cm³/mol. The molecule has 1 aliphatic heterocycles. The second-order valence-electron chi connectivity index (χ2n) is 3.31. The predicted octanol–water partition coefficient (Wildman–Crippen LogP) is -2.60. The lowest BCUT2D eigenvalue weighted by Gasteiger charge is -2.40. The molecule has 1 aliphatic rings. The van der Waals surface area contributed by atoms with Crippen LogP contribution in [0.1, 0.15) is 6.92 Å². The summed E-state index contributed by atoms with van der Waals surface area (Å²) in [4.78, 5) is 0. The number of ether oxygens (including phenoxy) is 1. The average Bonchev–Trinajstić information content (AvgIpc) is 2.18. The molecule has 14 heavy (non-hydrogen) atoms. The molecule has 0 bridgehead atoms. The van der Waals surface area contributed by atoms with Crippen LogP contribution < -0.4 is 5.32 Å². The molecule has 0 radical (unpaired) electrons. The van der Waals surface area contributed by atoms with Gasteiger partial charge >= 0.3 is 0 Å². The molecule has 1 rings (SSSR count). The number of hydrogen-bond acceptors (Lipinski definition) is 6. The van der Waals surface area contributed by atoms with Crippen LogP contribution in [0.3, 0.4) is 0 Å². The van der Waals surface area contributed by atoms with Crippen LogP contribution in [-0.4, -0.2) is 64.2 Å². The van der Waals surface area contributed by atoms with E-state index in [2.05, 4.69) is 5.32 Å². The highest BCUT2D eigenvalue weighted by Crippen LogP contribution is 2.19. The molecule has 0 amide bonds. The van der Waals surface area contributed by atoms with Gasteiger partial charge in [-0.1, -0.05) is 6.92 Å². The molecule has 1 heterocycles. The molecule has 6 heteroatoms. The van der Waals surface area contributed by atoms with E-state index in [-0.39, 0.29) is 0 Å². The Hall–Kier alpha value is -0.240. The van der Waals surface area contributed by atoms with Crippen LogP contribution in [0.25, 0.3) is 0 Å². The van der Waals surface area contributed by atoms with E-state index in [1.165, 1.54) is 0 Å². The topological polar surface area (TPSA) is 102 Å². The number of hydrogen-bond donors (Lipinski definition) is 5. The number of aliphatic hydroxyl groups excluding tert-OH is 4. The first-order chi connectivity index (χ1) is 6.61. The summed E-state index contributed by atoms with van der Waals surface area (Å²) in [6.07, 6.45) is -4.48. The molecule has 0 aliphatic carbocycles. The first-order valence-corrected chi connectivity index (χ1v) is 4.65. The normalized spacial score (nSPS) is 43.9. The van der Waals surface area contributed by atoms with Gasteiger partial charge in [0.2, 0.25) is 0 Å². The summed E-state index contributed by atoms with van der Waals surface area (Å²) in [5.41, 5.74) is 0. The summed E-state index contributed by atoms with van der Waals surface area (Å²) < 4.78 is 4.92. The largest absolute Gasteiger partial charge is 0.394 e. The van der Waals surface area contributed by atoms with Crippen molar-refractivity contribution in [2.45, 2.75) is 37.6 Å². The maximum absolute atomic E-state index is 9.58. The zero-order valence-corrected chi connectivity index (χ0v) is 8.00. The van der Waals surface area contributed by atoms with Gasteiger partial charge in [0.1, 0.15) is 18.3 Å². The van der Waals surface area contributed by atoms with Gasteiger partial charge in [-0.25, -0.2) is 0 Å². The van der Waals surface area contributed by atoms with Crippen molar-refractivity contribution >= 4 is 0 Å². The maximum Gasteiger partial charge on any atom is 0.173 e. The Morgan fingerprint density at radius 3 is 2.36 bits per heavy atom. The van der Waals surface area contributed by atoms with E-state index in [9.17, 15) is 15.3 Å². The van der Waals surface area contributed by atoms with Gasteiger partial charge in [-0.15, -0.1) is 0 Å². The molecular formula is C8H17NO5. The van der Waals surface area contributed by atoms with E-state index >= 15 is 0 Å². The fourth-order valence-corrected chi connectivity index (χ4v) is 1.55. The fourth-order valence-electron chi connectivity index (χ4n) is 1.55. The number of rotatable bonds is 3. The lowest BCUT2D eigenvalue weighted by molar-refractivity contribution is -0.254. The van der Waals surface area contributed by atoms with Gasteiger partial charge in [0.15, 0.2) is 6.29 Å². The Morgan fingerprint density at radius 1 is 1.21 bits per heavy atom. The van der Waals surface area contributed by atoms with Gasteiger partial charge in [0.05, 0.1) is 12.6 Å². The minimum Gasteiger partial charge on any atom is -0.394 e. The smallest absolute Gasteiger partial charge is 0.173 e. The minimum absolute atomic E-state index is 0.436. The number of nitrogens with one attached hydrogen (secondary N) is 1. The Kier molecular flexibility index (Phi) is 4.24. The van der Waals surface area contributed by atoms with Crippen molar-refractivity contribution in [1.82, 2.24) is 5.32 Å². The van der Waals surface area contributed by atoms with E-state index in [0.717, 1.165) is 0 Å². The van der Waals surface area contributed by atoms with Crippen LogP contribution in [0.5, 0.6) is 0 Å². The van der Waals surface area contributed by atoms with Crippen molar-refractivity contribution in [2.75, 3.05) is 13.2 Å². The lowest BCUT2D eigenvalue weighted by Crippen LogP contribution is -2.63. The third-order valence-electron chi connectivity index (χ3n) is 2.34. The summed E-state index contributed by atoms with van der Waals surface area (Å²) in [5.74, 6) is 0. The molecule has 6 nitrogen and oxygen atoms in total. The summed E-state index contributed by atoms with van der Waals surface area (Å²) in [6.45, 7) is 1.91. The standard InChI is InChI=1S/C8H17NO5/c1-2-9-5-7(12)6(11)4(3-10)14-8(5)13/h4-13H,2-3H2,1H3/t4-,5-,6-,7-,8?/m1/s1. The highest BCUT2D eigenvalue weighted by atomic mass is 16.6. The van der Waals surface area contributed by atoms with Crippen molar-refractivity contribution in [2.24, 2.45) is 0 Å². The van der Waals surface area contributed by atoms with Crippen molar-refractivity contribution in [1.29, 1.82) is 0 Å². The molecule has 1 saturated heterocycles. The van der Waals surface area contributed by atoms with Gasteiger partial charge in [-0.05, 0) is 6.54 Å². The van der Waals surface area contributed by atoms with Gasteiger partial charge < -0.3 is 30.5 Å². The van der Waals surface area contributed by atoms with E-state index in [0.29, 0.717) is 6.54 Å². The Bertz CT molecular complexity index is 179. The van der Waals surface area contributed by atoms with Crippen molar-refractivity contribution < 1.29 is 25.2 Å². The lowest BCUT2D eigenvalue weighted by atomic mass is 9.97. The summed E-state index contributed by atoms with van der Waals surface area (Å²) in [5, 5.41) is 40.0. The fraction of sp³-hybridized carbons (Fsp3) is 1.00. The van der Waals surface area contributed by atoms with E-state index in [4.69, 9.17) is 9.84 Å². The quantitative estimate of drug-likeness (QED) is 0.348. The molecule has 0 aromatic rings. The molecule has 0 aromatic carbocycles. The minimum atomic E-state index is -1.22. The molecular weight excluding hydrogens is 190 g/mol. The van der Waals surface area contributed by atoms with Gasteiger partial charge in [-0.3, -0.25) is 0 Å². The highest BCUT2D eigenvalue weighted by Gasteiger charge is 2.42. The molecule has 0 saturated carbocycles. The molecule has 84 valence electrons. The van der Waals surface area contributed by atoms with Gasteiger partial charge in [0, 0.05) is 0 Å². The van der Waals surface area contributed by atoms with Gasteiger partial charge in [0.25, 0.3) is 0 Å². The van der Waals surface area contributed by atoms with Crippen LogP contribution in [0, 0.1) is 0 Å². The molecule has 5 atom stereocenters. The van der Waals surface area contributed by atoms with Crippen LogP contribution in [0.2, 0.25) is 0 Å². The maximum atomic E-state index is 9.58. The summed E-state index contributed by atoms with van der Waals surface area (Å²) >= 11 is 0. The Morgan fingerprint density at radius 2 is 1.86 bits per heavy atom. The van der Waals surface area contributed by atoms with E-state index < -0.39 is 37.3 Å². The van der Waals surface area contributed by atoms with Crippen molar-refractivity contribution in [3.05, 3.63) is 0 Å². The molecule has 5 N–H and O–H groups in total. The van der Waals surface area contributed by atoms with Crippen LogP contribution in [0.4, 0.5) is 0 Å². The highest BCUT2D eigenvalue weighted by molar-refractivity contribution is 4.92. The molecule has 0 spiro atoms. The Balaban J connectivity index is 2.63. The summed E-state index contributed by atoms with van der Waals surface area (Å²) in [7, 11) is 0. The second-order valence-corrected chi connectivity index (χ2v) is 3.31. The zero-order valence-electron chi connectivity index (χ0n) is 8.00. The van der Waals surface area contributed by atoms with Crippen molar-refractivity contribution in [3.63, 3.8) is 0 Å². The Labute approximate surface area is 82.1 Å². The first kappa shape index (κ1) is 11.8. The second kappa shape index (κ2) is 5.01. The van der Waals surface area contributed by atoms with Crippen LogP contribution in [-0.2, 0) is 4.74 Å². The molecule has 1 unspecified atom stereocenters. The molecule has 0 aromatic heterocycles. The van der Waals surface area contributed by atoms with Crippen LogP contribution in [0.15, 0.2) is 0 Å².